The number of carbonyl (C=O) groups excluding carboxylic acids is 1. The molecule has 4 nitrogen and oxygen atoms in total. The van der Waals surface area contributed by atoms with Crippen molar-refractivity contribution >= 4 is 5.91 Å². The van der Waals surface area contributed by atoms with Gasteiger partial charge in [0, 0.05) is 6.42 Å². The van der Waals surface area contributed by atoms with Crippen LogP contribution in [0.3, 0.4) is 0 Å². The summed E-state index contributed by atoms with van der Waals surface area (Å²) in [5, 5.41) is 23.1. The Bertz CT molecular complexity index is 739. The van der Waals surface area contributed by atoms with Gasteiger partial charge in [-0.3, -0.25) is 4.79 Å². The number of aliphatic hydroxyl groups is 2. The highest BCUT2D eigenvalue weighted by Gasteiger charge is 2.18. The minimum Gasteiger partial charge on any atom is -0.394 e. The molecule has 2 unspecified atom stereocenters. The molecule has 0 aromatic heterocycles. The maximum atomic E-state index is 12.4. The first-order chi connectivity index (χ1) is 26.7. The topological polar surface area (TPSA) is 69.6 Å². The molecular weight excluding hydrogens is 663 g/mol. The molecule has 54 heavy (non-hydrogen) atoms. The first-order valence-corrected chi connectivity index (χ1v) is 24.9. The van der Waals surface area contributed by atoms with Crippen molar-refractivity contribution in [2.45, 2.75) is 296 Å². The number of unbranched alkanes of at least 4 members (excludes halogenated alkanes) is 39. The maximum absolute atomic E-state index is 12.4. The van der Waals surface area contributed by atoms with Gasteiger partial charge in [0.25, 0.3) is 0 Å². The van der Waals surface area contributed by atoms with Crippen LogP contribution in [0.15, 0.2) is 12.2 Å². The Hall–Kier alpha value is -0.870. The molecule has 0 spiro atoms. The highest BCUT2D eigenvalue weighted by Crippen LogP contribution is 2.17. The smallest absolute Gasteiger partial charge is 0.220 e. The van der Waals surface area contributed by atoms with Crippen LogP contribution in [0.5, 0.6) is 0 Å². The summed E-state index contributed by atoms with van der Waals surface area (Å²) in [5.74, 6) is -0.0574. The van der Waals surface area contributed by atoms with E-state index in [4.69, 9.17) is 0 Å². The number of nitrogens with one attached hydrogen (secondary N) is 1. The van der Waals surface area contributed by atoms with E-state index < -0.39 is 12.1 Å². The van der Waals surface area contributed by atoms with E-state index in [1.54, 1.807) is 6.08 Å². The van der Waals surface area contributed by atoms with Crippen LogP contribution in [0.2, 0.25) is 0 Å². The third-order valence-electron chi connectivity index (χ3n) is 11.8. The molecule has 0 radical (unpaired) electrons. The van der Waals surface area contributed by atoms with Crippen LogP contribution in [0.25, 0.3) is 0 Å². The normalized spacial score (nSPS) is 12.9. The average molecular weight is 762 g/mol. The highest BCUT2D eigenvalue weighted by atomic mass is 16.3. The zero-order chi connectivity index (χ0) is 39.3. The third-order valence-corrected chi connectivity index (χ3v) is 11.8. The molecule has 0 fully saturated rings. The van der Waals surface area contributed by atoms with E-state index in [1.807, 2.05) is 6.08 Å². The van der Waals surface area contributed by atoms with Gasteiger partial charge in [-0.05, 0) is 19.3 Å². The van der Waals surface area contributed by atoms with Crippen molar-refractivity contribution < 1.29 is 15.0 Å². The molecule has 0 heterocycles. The standard InChI is InChI=1S/C50H99NO3/c1-3-5-7-9-11-13-15-17-19-21-23-25-26-27-29-31-33-35-37-39-41-43-45-49(53)48(47-52)51-50(54)46-44-42-40-38-36-34-32-30-28-24-22-20-18-16-14-12-10-8-6-4-2/h43,45,48-49,52-53H,3-42,44,46-47H2,1-2H3,(H,51,54)/b45-43+. The fourth-order valence-corrected chi connectivity index (χ4v) is 7.95. The number of amides is 1. The predicted molar refractivity (Wildman–Crippen MR) is 239 cm³/mol. The van der Waals surface area contributed by atoms with Crippen LogP contribution >= 0.6 is 0 Å². The lowest BCUT2D eigenvalue weighted by molar-refractivity contribution is -0.123. The van der Waals surface area contributed by atoms with Crippen molar-refractivity contribution in [2.75, 3.05) is 6.61 Å². The quantitative estimate of drug-likeness (QED) is 0.0427. The number of rotatable bonds is 46. The van der Waals surface area contributed by atoms with Gasteiger partial charge >= 0.3 is 0 Å². The molecule has 1 amide bonds. The maximum Gasteiger partial charge on any atom is 0.220 e. The highest BCUT2D eigenvalue weighted by molar-refractivity contribution is 5.76. The Kier molecular flexibility index (Phi) is 45.8. The van der Waals surface area contributed by atoms with Gasteiger partial charge in [0.05, 0.1) is 18.8 Å². The molecule has 0 saturated carbocycles. The molecule has 0 aromatic carbocycles. The first-order valence-electron chi connectivity index (χ1n) is 24.9. The van der Waals surface area contributed by atoms with Crippen LogP contribution in [0.4, 0.5) is 0 Å². The molecule has 322 valence electrons. The molecule has 2 atom stereocenters. The average Bonchev–Trinajstić information content (AvgIpc) is 3.18. The lowest BCUT2D eigenvalue weighted by Crippen LogP contribution is -2.45. The summed E-state index contributed by atoms with van der Waals surface area (Å²) < 4.78 is 0. The van der Waals surface area contributed by atoms with Crippen molar-refractivity contribution in [1.82, 2.24) is 5.32 Å². The van der Waals surface area contributed by atoms with E-state index in [9.17, 15) is 15.0 Å². The predicted octanol–water partition coefficient (Wildman–Crippen LogP) is 15.8. The van der Waals surface area contributed by atoms with E-state index in [0.717, 1.165) is 25.7 Å². The third kappa shape index (κ3) is 42.3. The summed E-state index contributed by atoms with van der Waals surface area (Å²) in [4.78, 5) is 12.4. The van der Waals surface area contributed by atoms with Crippen LogP contribution in [-0.2, 0) is 4.79 Å². The molecule has 0 aliphatic heterocycles. The van der Waals surface area contributed by atoms with Gasteiger partial charge in [-0.25, -0.2) is 0 Å². The van der Waals surface area contributed by atoms with Crippen LogP contribution in [-0.4, -0.2) is 34.9 Å². The van der Waals surface area contributed by atoms with E-state index in [-0.39, 0.29) is 12.5 Å². The number of hydrogen-bond donors (Lipinski definition) is 3. The summed E-state index contributed by atoms with van der Waals surface area (Å²) in [5.41, 5.74) is 0. The molecule has 0 aliphatic carbocycles. The monoisotopic (exact) mass is 762 g/mol. The van der Waals surface area contributed by atoms with Gasteiger partial charge < -0.3 is 15.5 Å². The minimum absolute atomic E-state index is 0.0574. The second-order valence-electron chi connectivity index (χ2n) is 17.2. The van der Waals surface area contributed by atoms with Gasteiger partial charge in [-0.1, -0.05) is 270 Å². The Labute approximate surface area is 339 Å². The number of hydrogen-bond acceptors (Lipinski definition) is 3. The van der Waals surface area contributed by atoms with Gasteiger partial charge in [0.1, 0.15) is 0 Å². The molecule has 0 aromatic rings. The summed E-state index contributed by atoms with van der Waals surface area (Å²) in [6.45, 7) is 4.34. The Balaban J connectivity index is 3.49. The molecule has 0 bridgehead atoms. The van der Waals surface area contributed by atoms with Gasteiger partial charge in [-0.2, -0.15) is 0 Å². The largest absolute Gasteiger partial charge is 0.394 e. The van der Waals surface area contributed by atoms with Crippen LogP contribution < -0.4 is 5.32 Å². The molecule has 0 aliphatic rings. The lowest BCUT2D eigenvalue weighted by atomic mass is 10.0. The fourth-order valence-electron chi connectivity index (χ4n) is 7.95. The molecule has 3 N–H and O–H groups in total. The molecule has 4 heteroatoms. The zero-order valence-corrected chi connectivity index (χ0v) is 37.0. The number of allylic oxidation sites excluding steroid dienone is 1. The second-order valence-corrected chi connectivity index (χ2v) is 17.2. The van der Waals surface area contributed by atoms with Crippen molar-refractivity contribution in [2.24, 2.45) is 0 Å². The second kappa shape index (κ2) is 46.5. The van der Waals surface area contributed by atoms with Crippen LogP contribution in [0.1, 0.15) is 284 Å². The van der Waals surface area contributed by atoms with E-state index in [1.165, 1.54) is 238 Å². The molecule has 0 rings (SSSR count). The summed E-state index contributed by atoms with van der Waals surface area (Å²) >= 11 is 0. The van der Waals surface area contributed by atoms with E-state index in [0.29, 0.717) is 6.42 Å². The number of aliphatic hydroxyl groups excluding tert-OH is 2. The summed E-state index contributed by atoms with van der Waals surface area (Å²) in [7, 11) is 0. The van der Waals surface area contributed by atoms with E-state index >= 15 is 0 Å². The summed E-state index contributed by atoms with van der Waals surface area (Å²) in [6.07, 6.45) is 59.1. The first kappa shape index (κ1) is 53.1. The van der Waals surface area contributed by atoms with Crippen LogP contribution in [0, 0.1) is 0 Å². The van der Waals surface area contributed by atoms with Crippen molar-refractivity contribution in [3.8, 4) is 0 Å². The summed E-state index contributed by atoms with van der Waals surface area (Å²) in [6, 6.07) is -0.617. The molecule has 0 saturated heterocycles. The number of carbonyl (C=O) groups is 1. The zero-order valence-electron chi connectivity index (χ0n) is 37.0. The SMILES string of the molecule is CCCCCCCCCCCCCCCCCCCCCC/C=C/C(O)C(CO)NC(=O)CCCCCCCCCCCCCCCCCCCCCC. The Morgan fingerprint density at radius 2 is 0.685 bits per heavy atom. The minimum atomic E-state index is -0.834. The Morgan fingerprint density at radius 3 is 0.963 bits per heavy atom. The van der Waals surface area contributed by atoms with Gasteiger partial charge in [0.2, 0.25) is 5.91 Å². The van der Waals surface area contributed by atoms with Gasteiger partial charge in [-0.15, -0.1) is 0 Å². The fraction of sp³-hybridized carbons (Fsp3) is 0.940. The van der Waals surface area contributed by atoms with Crippen molar-refractivity contribution in [3.63, 3.8) is 0 Å². The Morgan fingerprint density at radius 1 is 0.426 bits per heavy atom. The molecular formula is C50H99NO3. The van der Waals surface area contributed by atoms with E-state index in [2.05, 4.69) is 19.2 Å². The van der Waals surface area contributed by atoms with Gasteiger partial charge in [0.15, 0.2) is 0 Å². The van der Waals surface area contributed by atoms with Crippen molar-refractivity contribution in [3.05, 3.63) is 12.2 Å². The lowest BCUT2D eigenvalue weighted by Gasteiger charge is -2.20. The van der Waals surface area contributed by atoms with Crippen molar-refractivity contribution in [1.29, 1.82) is 0 Å².